The fourth-order valence-electron chi connectivity index (χ4n) is 1.69. The van der Waals surface area contributed by atoms with E-state index in [0.717, 1.165) is 0 Å². The molecule has 0 aliphatic heterocycles. The number of aromatic nitrogens is 3. The number of nitrogens with two attached hydrogens (primary N) is 1. The Morgan fingerprint density at radius 1 is 1.41 bits per heavy atom. The number of rotatable bonds is 3. The van der Waals surface area contributed by atoms with Crippen LogP contribution in [0.15, 0.2) is 18.2 Å². The Labute approximate surface area is 103 Å². The van der Waals surface area contributed by atoms with Gasteiger partial charge in [0.05, 0.1) is 17.1 Å². The van der Waals surface area contributed by atoms with E-state index >= 15 is 0 Å². The third kappa shape index (κ3) is 2.03. The van der Waals surface area contributed by atoms with E-state index in [0.29, 0.717) is 23.8 Å². The zero-order chi connectivity index (χ0) is 12.4. The molecule has 2 aromatic rings. The van der Waals surface area contributed by atoms with Gasteiger partial charge in [0.25, 0.3) is 0 Å². The summed E-state index contributed by atoms with van der Waals surface area (Å²) in [5.74, 6) is 0.592. The summed E-state index contributed by atoms with van der Waals surface area (Å²) in [6.45, 7) is 2.82. The predicted octanol–water partition coefficient (Wildman–Crippen LogP) is 2.22. The van der Waals surface area contributed by atoms with Gasteiger partial charge >= 0.3 is 0 Å². The highest BCUT2D eigenvalue weighted by atomic mass is 35.5. The second-order valence-corrected chi connectivity index (χ2v) is 3.90. The Morgan fingerprint density at radius 3 is 2.82 bits per heavy atom. The van der Waals surface area contributed by atoms with E-state index in [1.54, 1.807) is 16.7 Å². The lowest BCUT2D eigenvalue weighted by Crippen LogP contribution is -2.08. The van der Waals surface area contributed by atoms with Gasteiger partial charge < -0.3 is 10.3 Å². The van der Waals surface area contributed by atoms with E-state index < -0.39 is 5.82 Å². The Bertz CT molecular complexity index is 538. The number of nitrogens with zero attached hydrogens (tertiary/aromatic N) is 3. The van der Waals surface area contributed by atoms with Crippen LogP contribution in [-0.4, -0.2) is 14.8 Å². The maximum absolute atomic E-state index is 13.9. The summed E-state index contributed by atoms with van der Waals surface area (Å²) in [4.78, 5) is 0. The number of hydrogen-bond acceptors (Lipinski definition) is 3. The molecule has 2 N–H and O–H groups in total. The quantitative estimate of drug-likeness (QED) is 0.914. The average Bonchev–Trinajstić information content (AvgIpc) is 2.75. The molecule has 0 unspecified atom stereocenters. The summed E-state index contributed by atoms with van der Waals surface area (Å²) in [6, 6.07) is 4.80. The van der Waals surface area contributed by atoms with Gasteiger partial charge in [-0.2, -0.15) is 0 Å². The minimum atomic E-state index is -0.486. The first-order chi connectivity index (χ1) is 8.19. The van der Waals surface area contributed by atoms with Crippen molar-refractivity contribution in [2.75, 3.05) is 0 Å². The molecule has 0 saturated heterocycles. The van der Waals surface area contributed by atoms with E-state index in [9.17, 15) is 4.39 Å². The normalized spacial score (nSPS) is 10.8. The minimum Gasteiger partial charge on any atom is -0.324 e. The van der Waals surface area contributed by atoms with E-state index in [4.69, 9.17) is 17.3 Å². The molecular weight excluding hydrogens is 243 g/mol. The van der Waals surface area contributed by atoms with Crippen molar-refractivity contribution in [2.45, 2.75) is 20.0 Å². The van der Waals surface area contributed by atoms with Gasteiger partial charge in [-0.25, -0.2) is 4.39 Å². The van der Waals surface area contributed by atoms with Crippen molar-refractivity contribution in [2.24, 2.45) is 5.73 Å². The van der Waals surface area contributed by atoms with Crippen molar-refractivity contribution in [1.29, 1.82) is 0 Å². The summed E-state index contributed by atoms with van der Waals surface area (Å²) in [6.07, 6.45) is 0. The Hall–Kier alpha value is -1.46. The zero-order valence-electron chi connectivity index (χ0n) is 9.32. The molecule has 1 aromatic carbocycles. The highest BCUT2D eigenvalue weighted by Gasteiger charge is 2.16. The summed E-state index contributed by atoms with van der Waals surface area (Å²) in [5, 5.41) is 7.97. The average molecular weight is 255 g/mol. The molecule has 4 nitrogen and oxygen atoms in total. The first-order valence-corrected chi connectivity index (χ1v) is 5.63. The Morgan fingerprint density at radius 2 is 2.18 bits per heavy atom. The van der Waals surface area contributed by atoms with Gasteiger partial charge in [0.2, 0.25) is 0 Å². The molecule has 1 aromatic heterocycles. The first kappa shape index (κ1) is 12.0. The largest absolute Gasteiger partial charge is 0.324 e. The van der Waals surface area contributed by atoms with Crippen LogP contribution in [-0.2, 0) is 13.1 Å². The molecule has 17 heavy (non-hydrogen) atoms. The van der Waals surface area contributed by atoms with Crippen LogP contribution in [0.25, 0.3) is 11.4 Å². The van der Waals surface area contributed by atoms with Gasteiger partial charge in [0.1, 0.15) is 5.82 Å². The molecule has 0 amide bonds. The van der Waals surface area contributed by atoms with Crippen molar-refractivity contribution in [3.8, 4) is 11.4 Å². The van der Waals surface area contributed by atoms with Gasteiger partial charge in [-0.05, 0) is 19.1 Å². The third-order valence-corrected chi connectivity index (χ3v) is 2.81. The second kappa shape index (κ2) is 4.81. The van der Waals surface area contributed by atoms with Gasteiger partial charge in [-0.15, -0.1) is 10.2 Å². The smallest absolute Gasteiger partial charge is 0.167 e. The molecule has 90 valence electrons. The van der Waals surface area contributed by atoms with Crippen LogP contribution < -0.4 is 5.73 Å². The molecule has 0 saturated carbocycles. The maximum atomic E-state index is 13.9. The second-order valence-electron chi connectivity index (χ2n) is 3.49. The monoisotopic (exact) mass is 254 g/mol. The molecule has 1 heterocycles. The molecule has 0 aliphatic rings. The molecular formula is C11H12ClFN4. The molecule has 0 bridgehead atoms. The highest BCUT2D eigenvalue weighted by Crippen LogP contribution is 2.26. The molecule has 0 atom stereocenters. The highest BCUT2D eigenvalue weighted by molar-refractivity contribution is 6.31. The number of hydrogen-bond donors (Lipinski definition) is 1. The number of halogens is 2. The molecule has 6 heteroatoms. The summed E-state index contributed by atoms with van der Waals surface area (Å²) >= 11 is 5.74. The fourth-order valence-corrected chi connectivity index (χ4v) is 1.87. The Kier molecular flexibility index (Phi) is 3.40. The zero-order valence-corrected chi connectivity index (χ0v) is 10.1. The van der Waals surface area contributed by atoms with Crippen LogP contribution in [0, 0.1) is 5.82 Å². The van der Waals surface area contributed by atoms with Crippen LogP contribution >= 0.6 is 11.6 Å². The van der Waals surface area contributed by atoms with Gasteiger partial charge in [-0.1, -0.05) is 17.7 Å². The molecule has 2 rings (SSSR count). The molecule has 0 aliphatic carbocycles. The SMILES string of the molecule is CCn1c(CN)nnc1-c1cccc(Cl)c1F. The third-order valence-electron chi connectivity index (χ3n) is 2.52. The van der Waals surface area contributed by atoms with Crippen LogP contribution in [0.2, 0.25) is 5.02 Å². The lowest BCUT2D eigenvalue weighted by atomic mass is 10.2. The van der Waals surface area contributed by atoms with Crippen molar-refractivity contribution in [3.05, 3.63) is 34.9 Å². The summed E-state index contributed by atoms with van der Waals surface area (Å²) in [7, 11) is 0. The van der Waals surface area contributed by atoms with E-state index in [2.05, 4.69) is 10.2 Å². The standard InChI is InChI=1S/C11H12ClFN4/c1-2-17-9(6-14)15-16-11(17)7-4-3-5-8(12)10(7)13/h3-5H,2,6,14H2,1H3. The van der Waals surface area contributed by atoms with Crippen molar-refractivity contribution in [1.82, 2.24) is 14.8 Å². The van der Waals surface area contributed by atoms with E-state index in [-0.39, 0.29) is 11.6 Å². The minimum absolute atomic E-state index is 0.0717. The summed E-state index contributed by atoms with van der Waals surface area (Å²) in [5.41, 5.74) is 5.88. The molecule has 0 fully saturated rings. The van der Waals surface area contributed by atoms with Gasteiger partial charge in [-0.3, -0.25) is 0 Å². The molecule has 0 spiro atoms. The Balaban J connectivity index is 2.60. The van der Waals surface area contributed by atoms with Gasteiger partial charge in [0.15, 0.2) is 11.6 Å². The maximum Gasteiger partial charge on any atom is 0.167 e. The lowest BCUT2D eigenvalue weighted by molar-refractivity contribution is 0.626. The van der Waals surface area contributed by atoms with E-state index in [1.165, 1.54) is 6.07 Å². The van der Waals surface area contributed by atoms with Crippen LogP contribution in [0.4, 0.5) is 4.39 Å². The van der Waals surface area contributed by atoms with Crippen molar-refractivity contribution >= 4 is 11.6 Å². The predicted molar refractivity (Wildman–Crippen MR) is 64.0 cm³/mol. The summed E-state index contributed by atoms with van der Waals surface area (Å²) < 4.78 is 15.6. The lowest BCUT2D eigenvalue weighted by Gasteiger charge is -2.07. The first-order valence-electron chi connectivity index (χ1n) is 5.25. The van der Waals surface area contributed by atoms with Crippen molar-refractivity contribution < 1.29 is 4.39 Å². The van der Waals surface area contributed by atoms with Crippen LogP contribution in [0.5, 0.6) is 0 Å². The number of benzene rings is 1. The fraction of sp³-hybridized carbons (Fsp3) is 0.273. The van der Waals surface area contributed by atoms with E-state index in [1.807, 2.05) is 6.92 Å². The molecule has 0 radical (unpaired) electrons. The topological polar surface area (TPSA) is 56.7 Å². The van der Waals surface area contributed by atoms with Crippen LogP contribution in [0.1, 0.15) is 12.7 Å². The van der Waals surface area contributed by atoms with Crippen molar-refractivity contribution in [3.63, 3.8) is 0 Å². The van der Waals surface area contributed by atoms with Gasteiger partial charge in [0, 0.05) is 6.54 Å². The van der Waals surface area contributed by atoms with Crippen LogP contribution in [0.3, 0.4) is 0 Å².